The summed E-state index contributed by atoms with van der Waals surface area (Å²) in [4.78, 5) is 12.7. The van der Waals surface area contributed by atoms with Gasteiger partial charge < -0.3 is 5.11 Å². The molecule has 0 aliphatic carbocycles. The van der Waals surface area contributed by atoms with Crippen molar-refractivity contribution in [2.24, 2.45) is 0 Å². The summed E-state index contributed by atoms with van der Waals surface area (Å²) in [5, 5.41) is 19.4. The van der Waals surface area contributed by atoms with Crippen LogP contribution in [-0.4, -0.2) is 15.0 Å². The number of nitro groups is 1. The van der Waals surface area contributed by atoms with Crippen molar-refractivity contribution in [2.75, 3.05) is 0 Å². The van der Waals surface area contributed by atoms with Crippen LogP contribution in [0, 0.1) is 10.1 Å². The Morgan fingerprint density at radius 1 is 1.64 bits per heavy atom. The summed E-state index contributed by atoms with van der Waals surface area (Å²) in [6.45, 7) is 0. The highest BCUT2D eigenvalue weighted by molar-refractivity contribution is 9.10. The summed E-state index contributed by atoms with van der Waals surface area (Å²) < 4.78 is 24.3. The molecular formula is C6H3BrF2N2O3. The molecule has 0 spiro atoms. The molecule has 0 unspecified atom stereocenters. The standard InChI is InChI=1S/C6H3BrF2N2O3/c7-5-4(11(13)14)3(6(8)9)2(12)1-10-5/h1,6,12H. The first kappa shape index (κ1) is 10.8. The highest BCUT2D eigenvalue weighted by Gasteiger charge is 2.29. The lowest BCUT2D eigenvalue weighted by molar-refractivity contribution is -0.387. The van der Waals surface area contributed by atoms with E-state index in [1.165, 1.54) is 0 Å². The monoisotopic (exact) mass is 268 g/mol. The lowest BCUT2D eigenvalue weighted by Crippen LogP contribution is -1.99. The molecule has 1 aromatic rings. The Balaban J connectivity index is 3.50. The van der Waals surface area contributed by atoms with Gasteiger partial charge in [-0.2, -0.15) is 0 Å². The van der Waals surface area contributed by atoms with E-state index in [-0.39, 0.29) is 4.60 Å². The lowest BCUT2D eigenvalue weighted by Gasteiger charge is -2.04. The molecule has 1 N–H and O–H groups in total. The first-order valence-electron chi connectivity index (χ1n) is 3.25. The summed E-state index contributed by atoms with van der Waals surface area (Å²) in [6, 6.07) is 0. The van der Waals surface area contributed by atoms with Crippen LogP contribution in [0.4, 0.5) is 14.5 Å². The molecule has 0 amide bonds. The van der Waals surface area contributed by atoms with Gasteiger partial charge in [-0.15, -0.1) is 0 Å². The van der Waals surface area contributed by atoms with Gasteiger partial charge in [-0.05, 0) is 15.9 Å². The third kappa shape index (κ3) is 1.79. The van der Waals surface area contributed by atoms with Crippen LogP contribution >= 0.6 is 15.9 Å². The predicted molar refractivity (Wildman–Crippen MR) is 45.2 cm³/mol. The van der Waals surface area contributed by atoms with E-state index < -0.39 is 28.3 Å². The highest BCUT2D eigenvalue weighted by atomic mass is 79.9. The predicted octanol–water partition coefficient (Wildman–Crippen LogP) is 2.40. The number of hydrogen-bond acceptors (Lipinski definition) is 4. The van der Waals surface area contributed by atoms with E-state index in [1.807, 2.05) is 0 Å². The van der Waals surface area contributed by atoms with E-state index in [2.05, 4.69) is 20.9 Å². The average molecular weight is 269 g/mol. The molecule has 0 fully saturated rings. The maximum atomic E-state index is 12.3. The molecule has 0 aliphatic rings. The highest BCUT2D eigenvalue weighted by Crippen LogP contribution is 2.39. The molecule has 1 aromatic heterocycles. The van der Waals surface area contributed by atoms with Crippen molar-refractivity contribution in [1.82, 2.24) is 4.98 Å². The number of nitrogens with zero attached hydrogens (tertiary/aromatic N) is 2. The Morgan fingerprint density at radius 3 is 2.57 bits per heavy atom. The summed E-state index contributed by atoms with van der Waals surface area (Å²) >= 11 is 2.65. The maximum absolute atomic E-state index is 12.3. The number of aromatic hydroxyl groups is 1. The van der Waals surface area contributed by atoms with Crippen LogP contribution in [-0.2, 0) is 0 Å². The van der Waals surface area contributed by atoms with E-state index in [4.69, 9.17) is 5.11 Å². The number of alkyl halides is 2. The summed E-state index contributed by atoms with van der Waals surface area (Å²) in [5.74, 6) is -0.894. The van der Waals surface area contributed by atoms with Crippen molar-refractivity contribution < 1.29 is 18.8 Å². The molecule has 14 heavy (non-hydrogen) atoms. The molecule has 8 heteroatoms. The van der Waals surface area contributed by atoms with Crippen LogP contribution in [0.2, 0.25) is 0 Å². The molecule has 1 heterocycles. The SMILES string of the molecule is O=[N+]([O-])c1c(Br)ncc(O)c1C(F)F. The lowest BCUT2D eigenvalue weighted by atomic mass is 10.2. The molecule has 76 valence electrons. The second-order valence-electron chi connectivity index (χ2n) is 2.25. The molecule has 0 saturated carbocycles. The molecule has 0 bridgehead atoms. The topological polar surface area (TPSA) is 76.3 Å². The summed E-state index contributed by atoms with van der Waals surface area (Å²) in [6.07, 6.45) is -2.41. The van der Waals surface area contributed by atoms with Gasteiger partial charge in [0.15, 0.2) is 4.60 Å². The molecule has 1 rings (SSSR count). The minimum atomic E-state index is -3.13. The minimum absolute atomic E-state index is 0.337. The fraction of sp³-hybridized carbons (Fsp3) is 0.167. The van der Waals surface area contributed by atoms with Crippen molar-refractivity contribution in [1.29, 1.82) is 0 Å². The van der Waals surface area contributed by atoms with Crippen molar-refractivity contribution in [2.45, 2.75) is 6.43 Å². The van der Waals surface area contributed by atoms with Gasteiger partial charge in [0.05, 0.1) is 11.1 Å². The molecular weight excluding hydrogens is 266 g/mol. The molecule has 0 aromatic carbocycles. The first-order chi connectivity index (χ1) is 6.45. The summed E-state index contributed by atoms with van der Waals surface area (Å²) in [7, 11) is 0. The van der Waals surface area contributed by atoms with Crippen LogP contribution in [0.25, 0.3) is 0 Å². The van der Waals surface area contributed by atoms with Crippen LogP contribution in [0.15, 0.2) is 10.8 Å². The Hall–Kier alpha value is -1.31. The van der Waals surface area contributed by atoms with Gasteiger partial charge in [-0.3, -0.25) is 10.1 Å². The van der Waals surface area contributed by atoms with Gasteiger partial charge in [0.1, 0.15) is 11.3 Å². The van der Waals surface area contributed by atoms with Gasteiger partial charge in [0.25, 0.3) is 6.43 Å². The van der Waals surface area contributed by atoms with Crippen LogP contribution in [0.5, 0.6) is 5.75 Å². The first-order valence-corrected chi connectivity index (χ1v) is 4.04. The third-order valence-corrected chi connectivity index (χ3v) is 2.01. The summed E-state index contributed by atoms with van der Waals surface area (Å²) in [5.41, 5.74) is -1.95. The Morgan fingerprint density at radius 2 is 2.21 bits per heavy atom. The zero-order valence-electron chi connectivity index (χ0n) is 6.45. The molecule has 5 nitrogen and oxygen atoms in total. The second kappa shape index (κ2) is 3.82. The van der Waals surface area contributed by atoms with Crippen LogP contribution in [0.3, 0.4) is 0 Å². The van der Waals surface area contributed by atoms with E-state index in [0.717, 1.165) is 6.20 Å². The smallest absolute Gasteiger partial charge is 0.314 e. The van der Waals surface area contributed by atoms with Gasteiger partial charge in [0.2, 0.25) is 0 Å². The van der Waals surface area contributed by atoms with Gasteiger partial charge in [0, 0.05) is 0 Å². The van der Waals surface area contributed by atoms with E-state index in [0.29, 0.717) is 0 Å². The Bertz CT molecular complexity index is 386. The second-order valence-corrected chi connectivity index (χ2v) is 3.01. The van der Waals surface area contributed by atoms with Crippen LogP contribution < -0.4 is 0 Å². The zero-order valence-corrected chi connectivity index (χ0v) is 8.03. The van der Waals surface area contributed by atoms with E-state index in [9.17, 15) is 18.9 Å². The average Bonchev–Trinajstić information content (AvgIpc) is 2.07. The Labute approximate surface area is 84.7 Å². The number of aromatic nitrogens is 1. The minimum Gasteiger partial charge on any atom is -0.506 e. The fourth-order valence-corrected chi connectivity index (χ4v) is 1.33. The maximum Gasteiger partial charge on any atom is 0.314 e. The van der Waals surface area contributed by atoms with Crippen molar-refractivity contribution >= 4 is 21.6 Å². The number of rotatable bonds is 2. The quantitative estimate of drug-likeness (QED) is 0.508. The third-order valence-electron chi connectivity index (χ3n) is 1.43. The van der Waals surface area contributed by atoms with Crippen molar-refractivity contribution in [3.63, 3.8) is 0 Å². The molecule has 0 radical (unpaired) electrons. The van der Waals surface area contributed by atoms with Crippen molar-refractivity contribution in [3.8, 4) is 5.75 Å². The van der Waals surface area contributed by atoms with E-state index >= 15 is 0 Å². The Kier molecular flexibility index (Phi) is 2.94. The van der Waals surface area contributed by atoms with Gasteiger partial charge >= 0.3 is 5.69 Å². The number of halogens is 3. The number of pyridine rings is 1. The zero-order chi connectivity index (χ0) is 10.9. The van der Waals surface area contributed by atoms with E-state index in [1.54, 1.807) is 0 Å². The van der Waals surface area contributed by atoms with Crippen LogP contribution in [0.1, 0.15) is 12.0 Å². The normalized spacial score (nSPS) is 10.6. The molecule has 0 saturated heterocycles. The number of hydrogen-bond donors (Lipinski definition) is 1. The molecule has 0 atom stereocenters. The van der Waals surface area contributed by atoms with Crippen molar-refractivity contribution in [3.05, 3.63) is 26.5 Å². The van der Waals surface area contributed by atoms with Gasteiger partial charge in [-0.25, -0.2) is 13.8 Å². The molecule has 0 aliphatic heterocycles. The van der Waals surface area contributed by atoms with Gasteiger partial charge in [-0.1, -0.05) is 0 Å². The fourth-order valence-electron chi connectivity index (χ4n) is 0.870. The largest absolute Gasteiger partial charge is 0.506 e.